The zero-order chi connectivity index (χ0) is 14.5. The second-order valence-electron chi connectivity index (χ2n) is 6.68. The number of hydrogen-bond donors (Lipinski definition) is 1. The molecule has 1 aromatic rings. The fraction of sp³-hybridized carbons (Fsp3) is 0.647. The summed E-state index contributed by atoms with van der Waals surface area (Å²) < 4.78 is 5.82. The number of aryl methyl sites for hydroxylation is 1. The van der Waals surface area contributed by atoms with Crippen molar-refractivity contribution in [2.75, 3.05) is 19.7 Å². The van der Waals surface area contributed by atoms with Gasteiger partial charge in [0.05, 0.1) is 0 Å². The molecule has 2 nitrogen and oxygen atoms in total. The van der Waals surface area contributed by atoms with Gasteiger partial charge in [0.15, 0.2) is 0 Å². The molecular weight excluding hydrogens is 234 g/mol. The second-order valence-corrected chi connectivity index (χ2v) is 6.68. The molecule has 0 spiro atoms. The Hall–Kier alpha value is -1.02. The van der Waals surface area contributed by atoms with Crippen molar-refractivity contribution in [3.05, 3.63) is 29.3 Å². The molecular formula is C17H29NO. The van der Waals surface area contributed by atoms with Crippen molar-refractivity contribution in [1.29, 1.82) is 0 Å². The summed E-state index contributed by atoms with van der Waals surface area (Å²) in [6, 6.07) is 6.50. The van der Waals surface area contributed by atoms with Gasteiger partial charge in [0.25, 0.3) is 0 Å². The van der Waals surface area contributed by atoms with Crippen LogP contribution in [0.15, 0.2) is 18.2 Å². The van der Waals surface area contributed by atoms with E-state index in [0.29, 0.717) is 5.92 Å². The van der Waals surface area contributed by atoms with E-state index >= 15 is 0 Å². The number of benzene rings is 1. The number of rotatable bonds is 6. The zero-order valence-corrected chi connectivity index (χ0v) is 13.3. The van der Waals surface area contributed by atoms with Crippen LogP contribution in [0.25, 0.3) is 0 Å². The lowest BCUT2D eigenvalue weighted by Crippen LogP contribution is -2.25. The molecule has 0 fully saturated rings. The Labute approximate surface area is 118 Å². The van der Waals surface area contributed by atoms with Crippen LogP contribution in [0, 0.1) is 12.8 Å². The highest BCUT2D eigenvalue weighted by atomic mass is 16.5. The summed E-state index contributed by atoms with van der Waals surface area (Å²) in [5.41, 5.74) is 2.77. The van der Waals surface area contributed by atoms with Crippen molar-refractivity contribution < 1.29 is 4.74 Å². The van der Waals surface area contributed by atoms with Gasteiger partial charge in [-0.15, -0.1) is 0 Å². The third-order valence-corrected chi connectivity index (χ3v) is 3.13. The van der Waals surface area contributed by atoms with Crippen molar-refractivity contribution in [3.8, 4) is 5.75 Å². The first kappa shape index (κ1) is 16.0. The predicted molar refractivity (Wildman–Crippen MR) is 83.1 cm³/mol. The van der Waals surface area contributed by atoms with Crippen LogP contribution < -0.4 is 10.1 Å². The quantitative estimate of drug-likeness (QED) is 0.786. The molecule has 0 aliphatic rings. The fourth-order valence-electron chi connectivity index (χ4n) is 1.90. The van der Waals surface area contributed by atoms with Crippen LogP contribution in [0.2, 0.25) is 0 Å². The Bertz CT molecular complexity index is 391. The molecule has 0 atom stereocenters. The van der Waals surface area contributed by atoms with E-state index in [2.05, 4.69) is 65.1 Å². The molecule has 19 heavy (non-hydrogen) atoms. The Morgan fingerprint density at radius 2 is 1.89 bits per heavy atom. The first-order chi connectivity index (χ1) is 8.80. The highest BCUT2D eigenvalue weighted by molar-refractivity contribution is 5.38. The van der Waals surface area contributed by atoms with Gasteiger partial charge < -0.3 is 10.1 Å². The van der Waals surface area contributed by atoms with Crippen LogP contribution in [-0.4, -0.2) is 19.7 Å². The monoisotopic (exact) mass is 263 g/mol. The average Bonchev–Trinajstić information content (AvgIpc) is 2.28. The van der Waals surface area contributed by atoms with Crippen molar-refractivity contribution in [1.82, 2.24) is 5.32 Å². The normalized spacial score (nSPS) is 11.9. The maximum absolute atomic E-state index is 5.82. The van der Waals surface area contributed by atoms with Crippen molar-refractivity contribution in [3.63, 3.8) is 0 Å². The van der Waals surface area contributed by atoms with Gasteiger partial charge in [0.2, 0.25) is 0 Å². The molecule has 0 aromatic heterocycles. The zero-order valence-electron chi connectivity index (χ0n) is 13.3. The first-order valence-electron chi connectivity index (χ1n) is 7.25. The van der Waals surface area contributed by atoms with Gasteiger partial charge in [-0.3, -0.25) is 0 Å². The molecule has 0 radical (unpaired) electrons. The highest BCUT2D eigenvalue weighted by Gasteiger charge is 2.14. The van der Waals surface area contributed by atoms with Crippen molar-refractivity contribution in [2.45, 2.75) is 47.0 Å². The molecule has 0 unspecified atom stereocenters. The molecule has 0 saturated heterocycles. The van der Waals surface area contributed by atoms with Gasteiger partial charge in [-0.2, -0.15) is 0 Å². The summed E-state index contributed by atoms with van der Waals surface area (Å²) in [5.74, 6) is 1.69. The summed E-state index contributed by atoms with van der Waals surface area (Å²) in [5, 5.41) is 3.39. The van der Waals surface area contributed by atoms with E-state index in [-0.39, 0.29) is 5.41 Å². The standard InChI is InChI=1S/C17H29NO/c1-13(2)12-18-9-10-19-16-8-7-15(11-14(16)3)17(4,5)6/h7-8,11,13,18H,9-10,12H2,1-6H3. The number of nitrogens with one attached hydrogen (secondary N) is 1. The van der Waals surface area contributed by atoms with Crippen LogP contribution >= 0.6 is 0 Å². The van der Waals surface area contributed by atoms with Gasteiger partial charge in [0, 0.05) is 6.54 Å². The van der Waals surface area contributed by atoms with E-state index < -0.39 is 0 Å². The van der Waals surface area contributed by atoms with Gasteiger partial charge in [-0.1, -0.05) is 46.8 Å². The largest absolute Gasteiger partial charge is 0.492 e. The maximum Gasteiger partial charge on any atom is 0.122 e. The lowest BCUT2D eigenvalue weighted by Gasteiger charge is -2.20. The summed E-state index contributed by atoms with van der Waals surface area (Å²) in [6.07, 6.45) is 0. The minimum absolute atomic E-state index is 0.197. The molecule has 0 bridgehead atoms. The van der Waals surface area contributed by atoms with Gasteiger partial charge in [-0.25, -0.2) is 0 Å². The lowest BCUT2D eigenvalue weighted by molar-refractivity contribution is 0.309. The highest BCUT2D eigenvalue weighted by Crippen LogP contribution is 2.27. The third kappa shape index (κ3) is 5.65. The Morgan fingerprint density at radius 3 is 2.42 bits per heavy atom. The molecule has 108 valence electrons. The lowest BCUT2D eigenvalue weighted by atomic mass is 9.86. The van der Waals surface area contributed by atoms with E-state index in [1.54, 1.807) is 0 Å². The van der Waals surface area contributed by atoms with Crippen LogP contribution in [0.4, 0.5) is 0 Å². The molecule has 1 N–H and O–H groups in total. The molecule has 0 aliphatic carbocycles. The van der Waals surface area contributed by atoms with E-state index in [4.69, 9.17) is 4.74 Å². The second kappa shape index (κ2) is 6.95. The number of ether oxygens (including phenoxy) is 1. The fourth-order valence-corrected chi connectivity index (χ4v) is 1.90. The van der Waals surface area contributed by atoms with Gasteiger partial charge >= 0.3 is 0 Å². The average molecular weight is 263 g/mol. The molecule has 0 saturated carbocycles. The van der Waals surface area contributed by atoms with Crippen molar-refractivity contribution in [2.24, 2.45) is 5.92 Å². The third-order valence-electron chi connectivity index (χ3n) is 3.13. The summed E-state index contributed by atoms with van der Waals surface area (Å²) >= 11 is 0. The SMILES string of the molecule is Cc1cc(C(C)(C)C)ccc1OCCNCC(C)C. The van der Waals surface area contributed by atoms with Crippen molar-refractivity contribution >= 4 is 0 Å². The van der Waals surface area contributed by atoms with Crippen LogP contribution in [-0.2, 0) is 5.41 Å². The molecule has 0 heterocycles. The first-order valence-corrected chi connectivity index (χ1v) is 7.25. The van der Waals surface area contributed by atoms with E-state index in [0.717, 1.165) is 25.4 Å². The number of hydrogen-bond acceptors (Lipinski definition) is 2. The van der Waals surface area contributed by atoms with E-state index in [1.165, 1.54) is 11.1 Å². The van der Waals surface area contributed by atoms with E-state index in [1.807, 2.05) is 0 Å². The van der Waals surface area contributed by atoms with Crippen LogP contribution in [0.3, 0.4) is 0 Å². The Balaban J connectivity index is 2.47. The van der Waals surface area contributed by atoms with Gasteiger partial charge in [-0.05, 0) is 42.0 Å². The summed E-state index contributed by atoms with van der Waals surface area (Å²) in [7, 11) is 0. The van der Waals surface area contributed by atoms with Gasteiger partial charge in [0.1, 0.15) is 12.4 Å². The van der Waals surface area contributed by atoms with Crippen LogP contribution in [0.5, 0.6) is 5.75 Å². The predicted octanol–water partition coefficient (Wildman–Crippen LogP) is 3.92. The smallest absolute Gasteiger partial charge is 0.122 e. The molecule has 0 aliphatic heterocycles. The topological polar surface area (TPSA) is 21.3 Å². The Kier molecular flexibility index (Phi) is 5.86. The Morgan fingerprint density at radius 1 is 1.21 bits per heavy atom. The summed E-state index contributed by atoms with van der Waals surface area (Å²) in [4.78, 5) is 0. The maximum atomic E-state index is 5.82. The molecule has 1 aromatic carbocycles. The van der Waals surface area contributed by atoms with Crippen LogP contribution in [0.1, 0.15) is 45.7 Å². The summed E-state index contributed by atoms with van der Waals surface area (Å²) in [6.45, 7) is 15.9. The molecule has 2 heteroatoms. The minimum Gasteiger partial charge on any atom is -0.492 e. The molecule has 1 rings (SSSR count). The minimum atomic E-state index is 0.197. The molecule has 0 amide bonds. The van der Waals surface area contributed by atoms with E-state index in [9.17, 15) is 0 Å².